The van der Waals surface area contributed by atoms with Crippen molar-refractivity contribution in [1.82, 2.24) is 20.5 Å². The van der Waals surface area contributed by atoms with Gasteiger partial charge in [-0.2, -0.15) is 0 Å². The highest BCUT2D eigenvalue weighted by Gasteiger charge is 2.32. The number of aromatic nitrogens is 1. The first kappa shape index (κ1) is 19.5. The van der Waals surface area contributed by atoms with E-state index in [1.165, 1.54) is 0 Å². The molecule has 2 N–H and O–H groups in total. The fraction of sp³-hybridized carbons (Fsp3) is 0.500. The summed E-state index contributed by atoms with van der Waals surface area (Å²) in [5, 5.41) is 6.86. The molecule has 146 valence electrons. The van der Waals surface area contributed by atoms with Crippen LogP contribution in [0, 0.1) is 0 Å². The number of amides is 1. The minimum absolute atomic E-state index is 0.116. The zero-order chi connectivity index (χ0) is 19.7. The molecule has 3 heterocycles. The average Bonchev–Trinajstić information content (AvgIpc) is 3.02. The number of likely N-dealkylation sites (tertiary alicyclic amines) is 1. The van der Waals surface area contributed by atoms with Crippen molar-refractivity contribution < 1.29 is 9.53 Å². The van der Waals surface area contributed by atoms with Crippen molar-refractivity contribution in [1.29, 1.82) is 0 Å². The summed E-state index contributed by atoms with van der Waals surface area (Å²) in [6, 6.07) is 4.03. The molecule has 1 unspecified atom stereocenters. The van der Waals surface area contributed by atoms with Crippen LogP contribution in [0.3, 0.4) is 0 Å². The monoisotopic (exact) mass is 390 g/mol. The number of pyridine rings is 1. The number of dihydropyridines is 1. The minimum Gasteiger partial charge on any atom is -0.444 e. The fourth-order valence-corrected chi connectivity index (χ4v) is 3.29. The van der Waals surface area contributed by atoms with E-state index in [9.17, 15) is 4.79 Å². The first-order valence-electron chi connectivity index (χ1n) is 9.18. The third kappa shape index (κ3) is 5.16. The third-order valence-corrected chi connectivity index (χ3v) is 4.58. The Morgan fingerprint density at radius 2 is 2.26 bits per heavy atom. The van der Waals surface area contributed by atoms with Crippen molar-refractivity contribution in [3.05, 3.63) is 48.1 Å². The van der Waals surface area contributed by atoms with Crippen molar-refractivity contribution >= 4 is 23.3 Å². The van der Waals surface area contributed by atoms with Crippen LogP contribution in [0.2, 0.25) is 0 Å². The molecule has 1 aromatic rings. The molecule has 3 rings (SSSR count). The smallest absolute Gasteiger partial charge is 0.410 e. The molecule has 0 saturated carbocycles. The van der Waals surface area contributed by atoms with Gasteiger partial charge in [-0.15, -0.1) is 0 Å². The quantitative estimate of drug-likeness (QED) is 0.611. The molecule has 0 bridgehead atoms. The van der Waals surface area contributed by atoms with Crippen LogP contribution in [0.5, 0.6) is 0 Å². The lowest BCUT2D eigenvalue weighted by molar-refractivity contribution is 0.0291. The second kappa shape index (κ2) is 7.43. The van der Waals surface area contributed by atoms with Crippen LogP contribution in [0.4, 0.5) is 4.79 Å². The van der Waals surface area contributed by atoms with E-state index >= 15 is 0 Å². The van der Waals surface area contributed by atoms with Gasteiger partial charge in [-0.25, -0.2) is 4.79 Å². The molecule has 1 fully saturated rings. The maximum absolute atomic E-state index is 12.3. The lowest BCUT2D eigenvalue weighted by atomic mass is 10.0. The van der Waals surface area contributed by atoms with Gasteiger partial charge in [0.1, 0.15) is 16.4 Å². The maximum atomic E-state index is 12.3. The molecule has 0 radical (unpaired) electrons. The van der Waals surface area contributed by atoms with Gasteiger partial charge in [0.25, 0.3) is 0 Å². The van der Waals surface area contributed by atoms with Gasteiger partial charge in [-0.3, -0.25) is 4.98 Å². The predicted octanol–water partition coefficient (Wildman–Crippen LogP) is 3.46. The summed E-state index contributed by atoms with van der Waals surface area (Å²) < 4.78 is 5.47. The summed E-state index contributed by atoms with van der Waals surface area (Å²) >= 11 is 6.48. The number of hydrogen-bond acceptors (Lipinski definition) is 5. The number of rotatable bonds is 3. The second-order valence-corrected chi connectivity index (χ2v) is 8.91. The van der Waals surface area contributed by atoms with Gasteiger partial charge in [0.05, 0.1) is 0 Å². The molecule has 0 aromatic carbocycles. The van der Waals surface area contributed by atoms with Gasteiger partial charge < -0.3 is 20.3 Å². The van der Waals surface area contributed by atoms with E-state index in [-0.39, 0.29) is 12.1 Å². The Balaban J connectivity index is 1.73. The SMILES string of the molecule is CC1(Cl)C=CC(c2cccnc2)=C(N[C@@H]2CCN(C(=O)OC(C)(C)C)C2)N1. The lowest BCUT2D eigenvalue weighted by Gasteiger charge is -2.31. The molecule has 27 heavy (non-hydrogen) atoms. The molecule has 7 heteroatoms. The van der Waals surface area contributed by atoms with E-state index in [1.54, 1.807) is 11.1 Å². The highest BCUT2D eigenvalue weighted by atomic mass is 35.5. The second-order valence-electron chi connectivity index (χ2n) is 8.12. The zero-order valence-electron chi connectivity index (χ0n) is 16.3. The van der Waals surface area contributed by atoms with E-state index < -0.39 is 10.6 Å². The number of carbonyl (C=O) groups is 1. The van der Waals surface area contributed by atoms with Gasteiger partial charge in [-0.1, -0.05) is 23.7 Å². The summed E-state index contributed by atoms with van der Waals surface area (Å²) in [4.78, 5) is 17.6. The van der Waals surface area contributed by atoms with Crippen LogP contribution in [0.25, 0.3) is 5.57 Å². The van der Waals surface area contributed by atoms with Crippen molar-refractivity contribution in [3.63, 3.8) is 0 Å². The highest BCUT2D eigenvalue weighted by Crippen LogP contribution is 2.28. The Morgan fingerprint density at radius 1 is 1.48 bits per heavy atom. The number of halogens is 1. The molecule has 1 amide bonds. The topological polar surface area (TPSA) is 66.5 Å². The molecular formula is C20H27ClN4O2. The minimum atomic E-state index is -0.669. The molecular weight excluding hydrogens is 364 g/mol. The molecule has 1 saturated heterocycles. The number of hydrogen-bond donors (Lipinski definition) is 2. The van der Waals surface area contributed by atoms with Crippen LogP contribution in [-0.2, 0) is 4.74 Å². The van der Waals surface area contributed by atoms with E-state index in [0.717, 1.165) is 23.4 Å². The summed E-state index contributed by atoms with van der Waals surface area (Å²) in [5.41, 5.74) is 1.50. The number of nitrogens with one attached hydrogen (secondary N) is 2. The zero-order valence-corrected chi connectivity index (χ0v) is 17.0. The number of allylic oxidation sites excluding steroid dienone is 2. The number of alkyl halides is 1. The van der Waals surface area contributed by atoms with Crippen molar-refractivity contribution in [2.24, 2.45) is 0 Å². The van der Waals surface area contributed by atoms with Crippen LogP contribution >= 0.6 is 11.6 Å². The Morgan fingerprint density at radius 3 is 2.93 bits per heavy atom. The Bertz CT molecular complexity index is 753. The number of nitrogens with zero attached hydrogens (tertiary/aromatic N) is 2. The lowest BCUT2D eigenvalue weighted by Crippen LogP contribution is -2.46. The van der Waals surface area contributed by atoms with Crippen LogP contribution in [0.1, 0.15) is 39.7 Å². The molecule has 2 aliphatic heterocycles. The first-order chi connectivity index (χ1) is 12.6. The van der Waals surface area contributed by atoms with E-state index in [4.69, 9.17) is 16.3 Å². The molecule has 0 aliphatic carbocycles. The van der Waals surface area contributed by atoms with Crippen molar-refractivity contribution in [2.75, 3.05) is 13.1 Å². The largest absolute Gasteiger partial charge is 0.444 e. The summed E-state index contributed by atoms with van der Waals surface area (Å²) in [6.07, 6.45) is 8.06. The van der Waals surface area contributed by atoms with Gasteiger partial charge in [0.15, 0.2) is 0 Å². The molecule has 1 aromatic heterocycles. The van der Waals surface area contributed by atoms with E-state index in [0.29, 0.717) is 13.1 Å². The first-order valence-corrected chi connectivity index (χ1v) is 9.56. The summed E-state index contributed by atoms with van der Waals surface area (Å²) in [7, 11) is 0. The number of carbonyl (C=O) groups excluding carboxylic acids is 1. The summed E-state index contributed by atoms with van der Waals surface area (Å²) in [5.74, 6) is 0.846. The average molecular weight is 391 g/mol. The Labute approximate surface area is 165 Å². The fourth-order valence-electron chi connectivity index (χ4n) is 3.13. The van der Waals surface area contributed by atoms with Crippen molar-refractivity contribution in [2.45, 2.75) is 50.8 Å². The normalized spacial score (nSPS) is 25.4. The Kier molecular flexibility index (Phi) is 5.38. The molecule has 6 nitrogen and oxygen atoms in total. The van der Waals surface area contributed by atoms with Crippen LogP contribution in [0.15, 0.2) is 42.5 Å². The maximum Gasteiger partial charge on any atom is 0.410 e. The van der Waals surface area contributed by atoms with Gasteiger partial charge >= 0.3 is 6.09 Å². The molecule has 2 atom stereocenters. The highest BCUT2D eigenvalue weighted by molar-refractivity contribution is 6.25. The van der Waals surface area contributed by atoms with E-state index in [2.05, 4.69) is 15.6 Å². The van der Waals surface area contributed by atoms with Gasteiger partial charge in [-0.05, 0) is 46.3 Å². The van der Waals surface area contributed by atoms with Crippen LogP contribution in [-0.4, -0.2) is 45.7 Å². The van der Waals surface area contributed by atoms with Crippen molar-refractivity contribution in [3.8, 4) is 0 Å². The predicted molar refractivity (Wildman–Crippen MR) is 107 cm³/mol. The Hall–Kier alpha value is -2.21. The standard InChI is InChI=1S/C20H27ClN4O2/c1-19(2,3)27-18(26)25-11-8-15(13-25)23-17-16(7-9-20(4,21)24-17)14-6-5-10-22-12-14/h5-7,9-10,12,15,23-24H,8,11,13H2,1-4H3/t15-,20?/m1/s1. The number of ether oxygens (including phenoxy) is 1. The van der Waals surface area contributed by atoms with Crippen LogP contribution < -0.4 is 10.6 Å². The summed E-state index contributed by atoms with van der Waals surface area (Å²) in [6.45, 7) is 8.78. The third-order valence-electron chi connectivity index (χ3n) is 4.36. The van der Waals surface area contributed by atoms with E-state index in [1.807, 2.05) is 58.2 Å². The van der Waals surface area contributed by atoms with Gasteiger partial charge in [0.2, 0.25) is 0 Å². The molecule has 0 spiro atoms. The van der Waals surface area contributed by atoms with Gasteiger partial charge in [0, 0.05) is 42.7 Å². The molecule has 2 aliphatic rings.